The quantitative estimate of drug-likeness (QED) is 0.204. The molecule has 0 heterocycles. The van der Waals surface area contributed by atoms with Crippen molar-refractivity contribution in [1.82, 2.24) is 0 Å². The molecule has 31 heavy (non-hydrogen) atoms. The lowest BCUT2D eigenvalue weighted by atomic mass is 9.90. The fourth-order valence-corrected chi connectivity index (χ4v) is 4.28. The van der Waals surface area contributed by atoms with E-state index < -0.39 is 6.10 Å². The third kappa shape index (κ3) is 15.3. The molecule has 2 nitrogen and oxygen atoms in total. The number of aliphatic hydroxyl groups is 2. The van der Waals surface area contributed by atoms with Crippen LogP contribution in [0, 0.1) is 5.92 Å². The molecule has 2 N–H and O–H groups in total. The second-order valence-corrected chi connectivity index (χ2v) is 9.36. The molecule has 0 saturated heterocycles. The van der Waals surface area contributed by atoms with E-state index in [1.165, 1.54) is 76.2 Å². The second kappa shape index (κ2) is 19.6. The number of unbranched alkanes of at least 4 members (excludes halogenated alkanes) is 11. The van der Waals surface area contributed by atoms with Gasteiger partial charge in [0.1, 0.15) is 0 Å². The average molecular weight is 431 g/mol. The summed E-state index contributed by atoms with van der Waals surface area (Å²) in [6.07, 6.45) is 22.3. The minimum Gasteiger partial charge on any atom is -0.393 e. The summed E-state index contributed by atoms with van der Waals surface area (Å²) in [5, 5.41) is 21.3. The summed E-state index contributed by atoms with van der Waals surface area (Å²) >= 11 is 0. The Hall–Kier alpha value is -1.12. The van der Waals surface area contributed by atoms with Crippen LogP contribution in [0.3, 0.4) is 0 Å². The monoisotopic (exact) mass is 430 g/mol. The lowest BCUT2D eigenvalue weighted by Gasteiger charge is -2.23. The second-order valence-electron chi connectivity index (χ2n) is 9.36. The highest BCUT2D eigenvalue weighted by atomic mass is 16.3. The van der Waals surface area contributed by atoms with E-state index >= 15 is 0 Å². The first kappa shape index (κ1) is 27.9. The highest BCUT2D eigenvalue weighted by Gasteiger charge is 2.20. The molecule has 3 atom stereocenters. The Morgan fingerprint density at radius 2 is 1.19 bits per heavy atom. The first-order chi connectivity index (χ1) is 15.2. The van der Waals surface area contributed by atoms with Gasteiger partial charge in [0.25, 0.3) is 0 Å². The predicted octanol–water partition coefficient (Wildman–Crippen LogP) is 8.32. The summed E-state index contributed by atoms with van der Waals surface area (Å²) in [6, 6.07) is 10.3. The van der Waals surface area contributed by atoms with Crippen molar-refractivity contribution in [3.63, 3.8) is 0 Å². The molecule has 0 amide bonds. The summed E-state index contributed by atoms with van der Waals surface area (Å²) in [7, 11) is 0. The topological polar surface area (TPSA) is 40.5 Å². The van der Waals surface area contributed by atoms with Gasteiger partial charge in [-0.3, -0.25) is 0 Å². The van der Waals surface area contributed by atoms with Gasteiger partial charge in [-0.1, -0.05) is 140 Å². The first-order valence-electron chi connectivity index (χ1n) is 13.3. The van der Waals surface area contributed by atoms with Crippen LogP contribution >= 0.6 is 0 Å². The Kier molecular flexibility index (Phi) is 17.6. The van der Waals surface area contributed by atoms with Crippen molar-refractivity contribution in [2.24, 2.45) is 5.92 Å². The van der Waals surface area contributed by atoms with Gasteiger partial charge in [-0.05, 0) is 24.8 Å². The molecule has 178 valence electrons. The van der Waals surface area contributed by atoms with Gasteiger partial charge in [0.2, 0.25) is 0 Å². The van der Waals surface area contributed by atoms with Crippen molar-refractivity contribution in [2.75, 3.05) is 0 Å². The zero-order chi connectivity index (χ0) is 22.6. The molecular formula is C29H50O2. The molecule has 0 aliphatic rings. The largest absolute Gasteiger partial charge is 0.393 e. The lowest BCUT2D eigenvalue weighted by Crippen LogP contribution is -2.25. The molecule has 0 bridgehead atoms. The molecule has 0 aliphatic heterocycles. The predicted molar refractivity (Wildman–Crippen MR) is 136 cm³/mol. The van der Waals surface area contributed by atoms with Gasteiger partial charge in [0, 0.05) is 5.92 Å². The molecule has 1 aromatic rings. The zero-order valence-electron chi connectivity index (χ0n) is 20.5. The molecule has 0 spiro atoms. The molecule has 0 aromatic heterocycles. The molecule has 1 aromatic carbocycles. The minimum atomic E-state index is -0.463. The van der Waals surface area contributed by atoms with Gasteiger partial charge >= 0.3 is 0 Å². The van der Waals surface area contributed by atoms with Crippen LogP contribution in [0.1, 0.15) is 122 Å². The third-order valence-corrected chi connectivity index (χ3v) is 6.38. The molecule has 0 fully saturated rings. The van der Waals surface area contributed by atoms with Gasteiger partial charge in [0.05, 0.1) is 12.2 Å². The van der Waals surface area contributed by atoms with E-state index in [1.54, 1.807) is 0 Å². The maximum absolute atomic E-state index is 10.8. The van der Waals surface area contributed by atoms with Crippen molar-refractivity contribution in [1.29, 1.82) is 0 Å². The van der Waals surface area contributed by atoms with E-state index in [-0.39, 0.29) is 12.0 Å². The van der Waals surface area contributed by atoms with Crippen LogP contribution in [0.25, 0.3) is 6.08 Å². The van der Waals surface area contributed by atoms with E-state index in [4.69, 9.17) is 0 Å². The van der Waals surface area contributed by atoms with Gasteiger partial charge in [0.15, 0.2) is 0 Å². The van der Waals surface area contributed by atoms with Crippen LogP contribution in [-0.2, 0) is 0 Å². The minimum absolute atomic E-state index is 0.120. The SMILES string of the molecule is CCCCCCCCCCC[C@H](O)C[C@H](O)[C@@H](/C=C/c1ccccc1)CCCCCC. The van der Waals surface area contributed by atoms with Crippen LogP contribution in [0.5, 0.6) is 0 Å². The Bertz CT molecular complexity index is 525. The van der Waals surface area contributed by atoms with E-state index in [1.807, 2.05) is 18.2 Å². The lowest BCUT2D eigenvalue weighted by molar-refractivity contribution is 0.0489. The summed E-state index contributed by atoms with van der Waals surface area (Å²) < 4.78 is 0. The molecule has 0 unspecified atom stereocenters. The molecule has 0 aliphatic carbocycles. The summed E-state index contributed by atoms with van der Waals surface area (Å²) in [6.45, 7) is 4.49. The third-order valence-electron chi connectivity index (χ3n) is 6.38. The highest BCUT2D eigenvalue weighted by molar-refractivity contribution is 5.49. The molecule has 0 radical (unpaired) electrons. The molecule has 2 heteroatoms. The van der Waals surface area contributed by atoms with Crippen molar-refractivity contribution < 1.29 is 10.2 Å². The number of rotatable bonds is 20. The standard InChI is InChI=1S/C29H50O2/c1-3-5-7-9-10-11-12-13-18-22-28(30)25-29(31)27(21-17-8-6-4-2)24-23-26-19-15-14-16-20-26/h14-16,19-20,23-24,27-31H,3-13,17-18,21-22,25H2,1-2H3/b24-23+/t27-,28+,29+/m1/s1. The fourth-order valence-electron chi connectivity index (χ4n) is 4.28. The van der Waals surface area contributed by atoms with E-state index in [9.17, 15) is 10.2 Å². The van der Waals surface area contributed by atoms with Crippen molar-refractivity contribution in [3.05, 3.63) is 42.0 Å². The maximum Gasteiger partial charge on any atom is 0.0627 e. The Labute approximate surface area is 193 Å². The van der Waals surface area contributed by atoms with Crippen molar-refractivity contribution in [2.45, 2.75) is 129 Å². The molecule has 0 saturated carbocycles. The zero-order valence-corrected chi connectivity index (χ0v) is 20.5. The average Bonchev–Trinajstić information content (AvgIpc) is 2.78. The van der Waals surface area contributed by atoms with Crippen LogP contribution < -0.4 is 0 Å². The van der Waals surface area contributed by atoms with Crippen LogP contribution in [-0.4, -0.2) is 22.4 Å². The fraction of sp³-hybridized carbons (Fsp3) is 0.724. The van der Waals surface area contributed by atoms with Gasteiger partial charge in [-0.2, -0.15) is 0 Å². The van der Waals surface area contributed by atoms with Crippen molar-refractivity contribution in [3.8, 4) is 0 Å². The van der Waals surface area contributed by atoms with E-state index in [0.29, 0.717) is 6.42 Å². The number of hydrogen-bond donors (Lipinski definition) is 2. The summed E-state index contributed by atoms with van der Waals surface area (Å²) in [5.41, 5.74) is 1.17. The smallest absolute Gasteiger partial charge is 0.0627 e. The Morgan fingerprint density at radius 1 is 0.677 bits per heavy atom. The normalized spacial score (nSPS) is 14.7. The number of aliphatic hydroxyl groups excluding tert-OH is 2. The van der Waals surface area contributed by atoms with Crippen molar-refractivity contribution >= 4 is 6.08 Å². The van der Waals surface area contributed by atoms with Crippen LogP contribution in [0.4, 0.5) is 0 Å². The van der Waals surface area contributed by atoms with Gasteiger partial charge in [-0.15, -0.1) is 0 Å². The van der Waals surface area contributed by atoms with Crippen LogP contribution in [0.2, 0.25) is 0 Å². The van der Waals surface area contributed by atoms with Gasteiger partial charge < -0.3 is 10.2 Å². The van der Waals surface area contributed by atoms with Crippen LogP contribution in [0.15, 0.2) is 36.4 Å². The maximum atomic E-state index is 10.8. The Morgan fingerprint density at radius 3 is 1.81 bits per heavy atom. The first-order valence-corrected chi connectivity index (χ1v) is 13.3. The van der Waals surface area contributed by atoms with Gasteiger partial charge in [-0.25, -0.2) is 0 Å². The summed E-state index contributed by atoms with van der Waals surface area (Å²) in [4.78, 5) is 0. The molecule has 1 rings (SSSR count). The highest BCUT2D eigenvalue weighted by Crippen LogP contribution is 2.22. The summed E-state index contributed by atoms with van der Waals surface area (Å²) in [5.74, 6) is 0.120. The van der Waals surface area contributed by atoms with E-state index in [0.717, 1.165) is 25.7 Å². The number of hydrogen-bond acceptors (Lipinski definition) is 2. The van der Waals surface area contributed by atoms with E-state index in [2.05, 4.69) is 38.1 Å². The Balaban J connectivity index is 2.33. The molecular weight excluding hydrogens is 380 g/mol. The number of benzene rings is 1.